The highest BCUT2D eigenvalue weighted by molar-refractivity contribution is 9.09. The summed E-state index contributed by atoms with van der Waals surface area (Å²) in [4.78, 5) is 0. The fourth-order valence-corrected chi connectivity index (χ4v) is 4.59. The summed E-state index contributed by atoms with van der Waals surface area (Å²) in [5, 5.41) is 0. The second-order valence-electron chi connectivity index (χ2n) is 2.83. The van der Waals surface area contributed by atoms with Crippen molar-refractivity contribution in [2.24, 2.45) is 0 Å². The largest absolute Gasteiger partial charge is 0.0860 e. The molecule has 0 N–H and O–H groups in total. The number of rotatable bonds is 5. The molecule has 0 aromatic rings. The van der Waals surface area contributed by atoms with Gasteiger partial charge < -0.3 is 0 Å². The summed E-state index contributed by atoms with van der Waals surface area (Å²) in [7, 11) is 5.71. The topological polar surface area (TPSA) is 0 Å². The first-order valence-corrected chi connectivity index (χ1v) is 7.40. The summed E-state index contributed by atoms with van der Waals surface area (Å²) in [6, 6.07) is 0. The highest BCUT2D eigenvalue weighted by Gasteiger charge is 2.16. The maximum absolute atomic E-state index is 2.31. The Balaban J connectivity index is 3.42. The average molecular weight is 196 g/mol. The fraction of sp³-hybridized carbons (Fsp3) is 1.00. The average Bonchev–Trinajstić information content (AvgIpc) is 1.84. The lowest BCUT2D eigenvalue weighted by atomic mass is 10.1. The summed E-state index contributed by atoms with van der Waals surface area (Å²) in [5.41, 5.74) is 0. The molecule has 0 heterocycles. The smallest absolute Gasteiger partial charge is 0.0215 e. The van der Waals surface area contributed by atoms with Crippen molar-refractivity contribution in [2.45, 2.75) is 38.4 Å². The monoisotopic (exact) mass is 196 g/mol. The number of hydrogen-bond acceptors (Lipinski definition) is 3. The van der Waals surface area contributed by atoms with E-state index in [4.69, 9.17) is 0 Å². The summed E-state index contributed by atoms with van der Waals surface area (Å²) < 4.78 is 0.461. The van der Waals surface area contributed by atoms with Gasteiger partial charge in [0.25, 0.3) is 0 Å². The van der Waals surface area contributed by atoms with Crippen molar-refractivity contribution in [2.75, 3.05) is 6.26 Å². The first kappa shape index (κ1) is 11.1. The van der Waals surface area contributed by atoms with Crippen LogP contribution < -0.4 is 0 Å². The van der Waals surface area contributed by atoms with Crippen LogP contribution in [0.15, 0.2) is 0 Å². The molecule has 0 aliphatic carbocycles. The lowest BCUT2D eigenvalue weighted by Gasteiger charge is -2.21. The van der Waals surface area contributed by atoms with E-state index in [2.05, 4.69) is 27.0 Å². The maximum atomic E-state index is 2.31. The molecule has 0 aliphatic rings. The summed E-state index contributed by atoms with van der Waals surface area (Å²) in [5.74, 6) is 0. The molecule has 0 atom stereocenters. The molecule has 0 aromatic carbocycles. The van der Waals surface area contributed by atoms with Gasteiger partial charge in [-0.15, -0.1) is 0 Å². The molecular weight excluding hydrogens is 180 g/mol. The maximum Gasteiger partial charge on any atom is 0.0215 e. The van der Waals surface area contributed by atoms with Crippen LogP contribution in [0, 0.1) is 0 Å². The quantitative estimate of drug-likeness (QED) is 0.604. The molecule has 0 spiro atoms. The van der Waals surface area contributed by atoms with E-state index in [1.807, 2.05) is 31.4 Å². The van der Waals surface area contributed by atoms with Gasteiger partial charge in [-0.2, -0.15) is 0 Å². The van der Waals surface area contributed by atoms with Gasteiger partial charge in [0.2, 0.25) is 0 Å². The first-order chi connectivity index (χ1) is 4.62. The van der Waals surface area contributed by atoms with Crippen LogP contribution >= 0.6 is 31.4 Å². The second-order valence-corrected chi connectivity index (χ2v) is 7.70. The third-order valence-corrected chi connectivity index (χ3v) is 5.84. The van der Waals surface area contributed by atoms with E-state index >= 15 is 0 Å². The Bertz CT molecular complexity index is 80.9. The van der Waals surface area contributed by atoms with Crippen molar-refractivity contribution in [3.05, 3.63) is 0 Å². The van der Waals surface area contributed by atoms with Crippen LogP contribution in [0.3, 0.4) is 0 Å². The Morgan fingerprint density at radius 1 is 1.30 bits per heavy atom. The molecule has 0 saturated carbocycles. The molecule has 0 aromatic heterocycles. The van der Waals surface area contributed by atoms with Crippen LogP contribution in [0.1, 0.15) is 33.6 Å². The lowest BCUT2D eigenvalue weighted by Crippen LogP contribution is -2.11. The molecule has 62 valence electrons. The Kier molecular flexibility index (Phi) is 6.26. The summed E-state index contributed by atoms with van der Waals surface area (Å²) in [6.45, 7) is 6.86. The second kappa shape index (κ2) is 5.67. The zero-order valence-corrected chi connectivity index (χ0v) is 9.59. The normalized spacial score (nSPS) is 12.0. The van der Waals surface area contributed by atoms with Crippen molar-refractivity contribution in [3.63, 3.8) is 0 Å². The third-order valence-electron chi connectivity index (χ3n) is 1.18. The predicted molar refractivity (Wildman–Crippen MR) is 57.7 cm³/mol. The van der Waals surface area contributed by atoms with E-state index in [0.29, 0.717) is 4.75 Å². The molecule has 0 rings (SSSR count). The van der Waals surface area contributed by atoms with Crippen LogP contribution in [0.4, 0.5) is 0 Å². The first-order valence-electron chi connectivity index (χ1n) is 3.51. The minimum atomic E-state index is 0.461. The van der Waals surface area contributed by atoms with Crippen molar-refractivity contribution in [3.8, 4) is 0 Å². The molecule has 0 nitrogen and oxygen atoms in total. The minimum absolute atomic E-state index is 0.461. The van der Waals surface area contributed by atoms with E-state index in [1.165, 1.54) is 12.8 Å². The van der Waals surface area contributed by atoms with E-state index in [9.17, 15) is 0 Å². The Morgan fingerprint density at radius 2 is 1.90 bits per heavy atom. The molecule has 0 amide bonds. The Labute approximate surface area is 76.1 Å². The van der Waals surface area contributed by atoms with Crippen molar-refractivity contribution >= 4 is 31.4 Å². The van der Waals surface area contributed by atoms with Gasteiger partial charge in [0, 0.05) is 4.75 Å². The SMILES string of the molecule is CCCC(C)(C)SSSC. The van der Waals surface area contributed by atoms with Gasteiger partial charge in [0.15, 0.2) is 0 Å². The van der Waals surface area contributed by atoms with E-state index in [0.717, 1.165) is 0 Å². The Hall–Kier alpha value is 1.05. The molecule has 0 fully saturated rings. The van der Waals surface area contributed by atoms with Gasteiger partial charge in [0.05, 0.1) is 0 Å². The molecule has 0 radical (unpaired) electrons. The molecule has 0 saturated heterocycles. The van der Waals surface area contributed by atoms with E-state index in [1.54, 1.807) is 0 Å². The van der Waals surface area contributed by atoms with E-state index < -0.39 is 0 Å². The van der Waals surface area contributed by atoms with Crippen LogP contribution in [-0.4, -0.2) is 11.0 Å². The fourth-order valence-electron chi connectivity index (χ4n) is 0.770. The van der Waals surface area contributed by atoms with Crippen molar-refractivity contribution in [1.82, 2.24) is 0 Å². The summed E-state index contributed by atoms with van der Waals surface area (Å²) >= 11 is 0. The zero-order chi connectivity index (χ0) is 8.04. The molecule has 10 heavy (non-hydrogen) atoms. The standard InChI is InChI=1S/C7H16S3/c1-5-6-7(2,3)9-10-8-4/h5-6H2,1-4H3. The van der Waals surface area contributed by atoms with Crippen LogP contribution in [-0.2, 0) is 0 Å². The highest BCUT2D eigenvalue weighted by atomic mass is 33.5. The van der Waals surface area contributed by atoms with E-state index in [-0.39, 0.29) is 0 Å². The van der Waals surface area contributed by atoms with Gasteiger partial charge in [-0.3, -0.25) is 0 Å². The Morgan fingerprint density at radius 3 is 2.30 bits per heavy atom. The third kappa shape index (κ3) is 5.81. The zero-order valence-electron chi connectivity index (χ0n) is 7.14. The van der Waals surface area contributed by atoms with Gasteiger partial charge in [-0.05, 0) is 36.3 Å². The van der Waals surface area contributed by atoms with Crippen molar-refractivity contribution < 1.29 is 0 Å². The molecule has 3 heteroatoms. The van der Waals surface area contributed by atoms with Gasteiger partial charge in [-0.1, -0.05) is 34.9 Å². The molecular formula is C7H16S3. The molecule has 0 unspecified atom stereocenters. The van der Waals surface area contributed by atoms with Crippen LogP contribution in [0.25, 0.3) is 0 Å². The lowest BCUT2D eigenvalue weighted by molar-refractivity contribution is 0.631. The van der Waals surface area contributed by atoms with Crippen molar-refractivity contribution in [1.29, 1.82) is 0 Å². The van der Waals surface area contributed by atoms with Gasteiger partial charge in [0.1, 0.15) is 0 Å². The van der Waals surface area contributed by atoms with Crippen LogP contribution in [0.5, 0.6) is 0 Å². The predicted octanol–water partition coefficient (Wildman–Crippen LogP) is 4.22. The molecule has 0 aliphatic heterocycles. The summed E-state index contributed by atoms with van der Waals surface area (Å²) in [6.07, 6.45) is 4.72. The minimum Gasteiger partial charge on any atom is -0.0860 e. The highest BCUT2D eigenvalue weighted by Crippen LogP contribution is 2.43. The molecule has 0 bridgehead atoms. The van der Waals surface area contributed by atoms with Gasteiger partial charge in [-0.25, -0.2) is 0 Å². The number of hydrogen-bond donors (Lipinski definition) is 0. The van der Waals surface area contributed by atoms with Gasteiger partial charge >= 0.3 is 0 Å². The van der Waals surface area contributed by atoms with Crippen LogP contribution in [0.2, 0.25) is 0 Å².